The number of hydrogen-bond donors (Lipinski definition) is 2. The molecular formula is C18H15ClF3N5O. The van der Waals surface area contributed by atoms with Crippen LogP contribution in [0.25, 0.3) is 22.1 Å². The molecule has 4 rings (SSSR count). The number of H-pyrrole nitrogens is 1. The van der Waals surface area contributed by atoms with Crippen LogP contribution in [0, 0.1) is 0 Å². The van der Waals surface area contributed by atoms with Crippen LogP contribution in [0.5, 0.6) is 0 Å². The van der Waals surface area contributed by atoms with Gasteiger partial charge in [0.15, 0.2) is 0 Å². The Balaban J connectivity index is 1.87. The van der Waals surface area contributed by atoms with Crippen molar-refractivity contribution in [3.63, 3.8) is 0 Å². The summed E-state index contributed by atoms with van der Waals surface area (Å²) in [4.78, 5) is 11.7. The van der Waals surface area contributed by atoms with Crippen LogP contribution >= 0.6 is 11.6 Å². The number of benzene rings is 1. The van der Waals surface area contributed by atoms with Crippen LogP contribution in [-0.4, -0.2) is 33.2 Å². The van der Waals surface area contributed by atoms with Crippen molar-refractivity contribution in [1.29, 1.82) is 0 Å². The van der Waals surface area contributed by atoms with Crippen molar-refractivity contribution >= 4 is 45.3 Å². The summed E-state index contributed by atoms with van der Waals surface area (Å²) in [6, 6.07) is 7.35. The van der Waals surface area contributed by atoms with E-state index in [0.717, 1.165) is 11.6 Å². The molecule has 146 valence electrons. The van der Waals surface area contributed by atoms with Gasteiger partial charge in [0.2, 0.25) is 5.95 Å². The van der Waals surface area contributed by atoms with Gasteiger partial charge in [0.05, 0.1) is 34.4 Å². The zero-order valence-corrected chi connectivity index (χ0v) is 15.4. The molecule has 0 aliphatic heterocycles. The molecule has 3 heterocycles. The lowest BCUT2D eigenvalue weighted by molar-refractivity contribution is -0.136. The number of ether oxygens (including phenoxy) is 1. The summed E-state index contributed by atoms with van der Waals surface area (Å²) in [5.74, 6) is 0.256. The average Bonchev–Trinajstić information content (AvgIpc) is 3.20. The Morgan fingerprint density at radius 3 is 2.79 bits per heavy atom. The molecule has 3 aromatic heterocycles. The summed E-state index contributed by atoms with van der Waals surface area (Å²) < 4.78 is 47.1. The first-order chi connectivity index (χ1) is 13.4. The van der Waals surface area contributed by atoms with Gasteiger partial charge in [0.1, 0.15) is 10.7 Å². The number of fused-ring (bicyclic) bond motifs is 2. The van der Waals surface area contributed by atoms with E-state index in [2.05, 4.69) is 20.3 Å². The maximum absolute atomic E-state index is 13.5. The normalized spacial score (nSPS) is 12.2. The van der Waals surface area contributed by atoms with Crippen molar-refractivity contribution < 1.29 is 17.9 Å². The minimum absolute atomic E-state index is 0.000355. The third-order valence-corrected chi connectivity index (χ3v) is 4.54. The number of aromatic amines is 1. The minimum atomic E-state index is -4.50. The van der Waals surface area contributed by atoms with Gasteiger partial charge in [-0.2, -0.15) is 13.2 Å². The van der Waals surface area contributed by atoms with Gasteiger partial charge in [-0.1, -0.05) is 17.7 Å². The molecule has 0 unspecified atom stereocenters. The number of imidazole rings is 1. The van der Waals surface area contributed by atoms with Crippen LogP contribution in [-0.2, 0) is 17.5 Å². The van der Waals surface area contributed by atoms with E-state index in [0.29, 0.717) is 16.4 Å². The molecule has 0 spiro atoms. The molecule has 28 heavy (non-hydrogen) atoms. The van der Waals surface area contributed by atoms with E-state index < -0.39 is 11.7 Å². The zero-order valence-electron chi connectivity index (χ0n) is 14.6. The fourth-order valence-corrected chi connectivity index (χ4v) is 3.25. The van der Waals surface area contributed by atoms with E-state index in [1.165, 1.54) is 17.7 Å². The lowest BCUT2D eigenvalue weighted by Gasteiger charge is -2.13. The minimum Gasteiger partial charge on any atom is -0.383 e. The molecule has 0 saturated carbocycles. The summed E-state index contributed by atoms with van der Waals surface area (Å²) in [7, 11) is 1.49. The lowest BCUT2D eigenvalue weighted by Crippen LogP contribution is -2.12. The molecule has 6 nitrogen and oxygen atoms in total. The highest BCUT2D eigenvalue weighted by molar-refractivity contribution is 6.29. The molecule has 2 N–H and O–H groups in total. The molecule has 1 aromatic carbocycles. The van der Waals surface area contributed by atoms with Gasteiger partial charge >= 0.3 is 6.18 Å². The largest absolute Gasteiger partial charge is 0.418 e. The monoisotopic (exact) mass is 409 g/mol. The standard InChI is InChI=1S/C18H15ClF3N5O/c1-28-8-7-27-16-10(18(20,21)22)3-2-4-12(16)24-17(27)25-13-9-23-11-5-6-14(19)26-15(11)13/h2-6,9,23H,7-8H2,1H3,(H,24,25). The smallest absolute Gasteiger partial charge is 0.383 e. The highest BCUT2D eigenvalue weighted by Gasteiger charge is 2.34. The van der Waals surface area contributed by atoms with Crippen LogP contribution in [0.4, 0.5) is 24.8 Å². The van der Waals surface area contributed by atoms with Gasteiger partial charge < -0.3 is 19.6 Å². The summed E-state index contributed by atoms with van der Waals surface area (Å²) in [5, 5.41) is 3.38. The summed E-state index contributed by atoms with van der Waals surface area (Å²) >= 11 is 5.97. The maximum Gasteiger partial charge on any atom is 0.418 e. The number of methoxy groups -OCH3 is 1. The average molecular weight is 410 g/mol. The Bertz CT molecular complexity index is 1150. The second-order valence-corrected chi connectivity index (χ2v) is 6.50. The molecule has 0 aliphatic carbocycles. The van der Waals surface area contributed by atoms with Crippen LogP contribution in [0.1, 0.15) is 5.56 Å². The van der Waals surface area contributed by atoms with Gasteiger partial charge in [-0.3, -0.25) is 0 Å². The third-order valence-electron chi connectivity index (χ3n) is 4.33. The van der Waals surface area contributed by atoms with E-state index in [-0.39, 0.29) is 30.1 Å². The number of rotatable bonds is 5. The number of nitrogens with one attached hydrogen (secondary N) is 2. The fraction of sp³-hybridized carbons (Fsp3) is 0.222. The van der Waals surface area contributed by atoms with E-state index in [4.69, 9.17) is 16.3 Å². The predicted octanol–water partition coefficient (Wildman–Crippen LogP) is 4.97. The van der Waals surface area contributed by atoms with Crippen molar-refractivity contribution in [2.45, 2.75) is 12.7 Å². The second kappa shape index (κ2) is 6.99. The number of anilines is 2. The number of nitrogens with zero attached hydrogens (tertiary/aromatic N) is 3. The molecule has 0 saturated heterocycles. The second-order valence-electron chi connectivity index (χ2n) is 6.11. The van der Waals surface area contributed by atoms with Gasteiger partial charge in [-0.15, -0.1) is 0 Å². The van der Waals surface area contributed by atoms with Crippen molar-refractivity contribution in [3.05, 3.63) is 47.2 Å². The van der Waals surface area contributed by atoms with Crippen LogP contribution in [0.2, 0.25) is 5.15 Å². The number of pyridine rings is 1. The van der Waals surface area contributed by atoms with Crippen LogP contribution in [0.15, 0.2) is 36.5 Å². The number of alkyl halides is 3. The third kappa shape index (κ3) is 3.27. The zero-order chi connectivity index (χ0) is 19.9. The molecular weight excluding hydrogens is 395 g/mol. The molecule has 0 aliphatic rings. The van der Waals surface area contributed by atoms with Crippen LogP contribution < -0.4 is 5.32 Å². The number of para-hydroxylation sites is 1. The highest BCUT2D eigenvalue weighted by atomic mass is 35.5. The summed E-state index contributed by atoms with van der Waals surface area (Å²) in [5.41, 5.74) is 1.35. The SMILES string of the molecule is COCCn1c(Nc2c[nH]c3ccc(Cl)nc23)nc2cccc(C(F)(F)F)c21. The van der Waals surface area contributed by atoms with Gasteiger partial charge in [0.25, 0.3) is 0 Å². The topological polar surface area (TPSA) is 67.8 Å². The quantitative estimate of drug-likeness (QED) is 0.456. The maximum atomic E-state index is 13.5. The summed E-state index contributed by atoms with van der Waals surface area (Å²) in [6.07, 6.45) is -2.84. The Morgan fingerprint density at radius 2 is 2.04 bits per heavy atom. The molecule has 10 heteroatoms. The Morgan fingerprint density at radius 1 is 1.21 bits per heavy atom. The number of hydrogen-bond acceptors (Lipinski definition) is 4. The van der Waals surface area contributed by atoms with Crippen molar-refractivity contribution in [2.24, 2.45) is 0 Å². The molecule has 0 radical (unpaired) electrons. The molecule has 0 amide bonds. The first-order valence-corrected chi connectivity index (χ1v) is 8.72. The molecule has 0 atom stereocenters. The van der Waals surface area contributed by atoms with Gasteiger partial charge in [0, 0.05) is 19.9 Å². The number of aromatic nitrogens is 4. The molecule has 0 fully saturated rings. The number of halogens is 4. The lowest BCUT2D eigenvalue weighted by atomic mass is 10.1. The van der Waals surface area contributed by atoms with Crippen molar-refractivity contribution in [2.75, 3.05) is 19.0 Å². The predicted molar refractivity (Wildman–Crippen MR) is 101 cm³/mol. The summed E-state index contributed by atoms with van der Waals surface area (Å²) in [6.45, 7) is 0.420. The van der Waals surface area contributed by atoms with Crippen LogP contribution in [0.3, 0.4) is 0 Å². The first kappa shape index (κ1) is 18.6. The van der Waals surface area contributed by atoms with Crippen molar-refractivity contribution in [1.82, 2.24) is 19.5 Å². The fourth-order valence-electron chi connectivity index (χ4n) is 3.10. The van der Waals surface area contributed by atoms with Gasteiger partial charge in [-0.25, -0.2) is 9.97 Å². The van der Waals surface area contributed by atoms with E-state index in [9.17, 15) is 13.2 Å². The Hall–Kier alpha value is -2.78. The Labute approximate surface area is 162 Å². The Kier molecular flexibility index (Phi) is 4.64. The van der Waals surface area contributed by atoms with E-state index in [1.54, 1.807) is 24.4 Å². The molecule has 4 aromatic rings. The van der Waals surface area contributed by atoms with E-state index >= 15 is 0 Å². The molecule has 0 bridgehead atoms. The van der Waals surface area contributed by atoms with Gasteiger partial charge in [-0.05, 0) is 24.3 Å². The first-order valence-electron chi connectivity index (χ1n) is 8.34. The van der Waals surface area contributed by atoms with E-state index in [1.807, 2.05) is 0 Å². The highest BCUT2D eigenvalue weighted by Crippen LogP contribution is 2.37. The van der Waals surface area contributed by atoms with Crippen molar-refractivity contribution in [3.8, 4) is 0 Å².